The number of hydrogen-bond acceptors (Lipinski definition) is 3. The predicted molar refractivity (Wildman–Crippen MR) is 83.9 cm³/mol. The quantitative estimate of drug-likeness (QED) is 0.873. The van der Waals surface area contributed by atoms with Gasteiger partial charge in [0.15, 0.2) is 0 Å². The van der Waals surface area contributed by atoms with Crippen molar-refractivity contribution in [3.05, 3.63) is 35.4 Å². The van der Waals surface area contributed by atoms with E-state index in [4.69, 9.17) is 10.5 Å². The fourth-order valence-corrected chi connectivity index (χ4v) is 2.60. The van der Waals surface area contributed by atoms with E-state index in [0.29, 0.717) is 25.6 Å². The summed E-state index contributed by atoms with van der Waals surface area (Å²) in [6.45, 7) is 7.26. The van der Waals surface area contributed by atoms with Crippen LogP contribution in [-0.4, -0.2) is 24.7 Å². The Labute approximate surface area is 127 Å². The van der Waals surface area contributed by atoms with E-state index in [1.807, 2.05) is 6.92 Å². The number of rotatable bonds is 5. The van der Waals surface area contributed by atoms with Crippen LogP contribution < -0.4 is 11.1 Å². The minimum Gasteiger partial charge on any atom is -0.379 e. The second-order valence-electron chi connectivity index (χ2n) is 6.49. The summed E-state index contributed by atoms with van der Waals surface area (Å²) in [5.74, 6) is 0.520. The van der Waals surface area contributed by atoms with Crippen LogP contribution in [0, 0.1) is 5.92 Å². The molecule has 2 unspecified atom stereocenters. The summed E-state index contributed by atoms with van der Waals surface area (Å²) >= 11 is 0. The number of nitrogens with two attached hydrogens (primary N) is 1. The molecule has 1 aromatic carbocycles. The number of amides is 1. The van der Waals surface area contributed by atoms with Gasteiger partial charge in [-0.05, 0) is 36.8 Å². The van der Waals surface area contributed by atoms with Crippen molar-refractivity contribution in [2.24, 2.45) is 11.7 Å². The Hall–Kier alpha value is -1.39. The lowest BCUT2D eigenvalue weighted by molar-refractivity contribution is -0.127. The summed E-state index contributed by atoms with van der Waals surface area (Å²) in [7, 11) is 0. The van der Waals surface area contributed by atoms with E-state index in [1.54, 1.807) is 0 Å². The predicted octanol–water partition coefficient (Wildman–Crippen LogP) is 2.18. The summed E-state index contributed by atoms with van der Waals surface area (Å²) < 4.78 is 5.24. The number of nitrogens with one attached hydrogen (secondary N) is 1. The third-order valence-electron chi connectivity index (χ3n) is 3.98. The second kappa shape index (κ2) is 6.58. The zero-order valence-corrected chi connectivity index (χ0v) is 13.2. The standard InChI is InChI=1S/C17H26N2O2/c1-12(2)10-14-4-6-15(7-5-14)13(3)19-16(20)17(18)8-9-21-11-17/h4-7,12-13H,8-11,18H2,1-3H3,(H,19,20). The van der Waals surface area contributed by atoms with E-state index >= 15 is 0 Å². The summed E-state index contributed by atoms with van der Waals surface area (Å²) in [5.41, 5.74) is 7.62. The molecule has 0 bridgehead atoms. The molecule has 1 aliphatic heterocycles. The van der Waals surface area contributed by atoms with Crippen LogP contribution in [0.15, 0.2) is 24.3 Å². The number of benzene rings is 1. The lowest BCUT2D eigenvalue weighted by Gasteiger charge is -2.24. The molecule has 0 aliphatic carbocycles. The van der Waals surface area contributed by atoms with Crippen molar-refractivity contribution in [3.8, 4) is 0 Å². The van der Waals surface area contributed by atoms with Crippen LogP contribution in [0.3, 0.4) is 0 Å². The molecule has 3 N–H and O–H groups in total. The van der Waals surface area contributed by atoms with Crippen molar-refractivity contribution in [3.63, 3.8) is 0 Å². The van der Waals surface area contributed by atoms with Crippen molar-refractivity contribution in [2.75, 3.05) is 13.2 Å². The first kappa shape index (κ1) is 16.0. The first-order chi connectivity index (χ1) is 9.90. The van der Waals surface area contributed by atoms with Crippen LogP contribution in [-0.2, 0) is 16.0 Å². The molecule has 0 aromatic heterocycles. The van der Waals surface area contributed by atoms with Crippen LogP contribution in [0.5, 0.6) is 0 Å². The Morgan fingerprint density at radius 3 is 2.52 bits per heavy atom. The molecule has 0 spiro atoms. The summed E-state index contributed by atoms with van der Waals surface area (Å²) in [5, 5.41) is 2.99. The number of carbonyl (C=O) groups excluding carboxylic acids is 1. The zero-order valence-electron chi connectivity index (χ0n) is 13.2. The third kappa shape index (κ3) is 4.05. The highest BCUT2D eigenvalue weighted by Gasteiger charge is 2.38. The van der Waals surface area contributed by atoms with Gasteiger partial charge in [-0.3, -0.25) is 4.79 Å². The molecular formula is C17H26N2O2. The van der Waals surface area contributed by atoms with Gasteiger partial charge in [-0.15, -0.1) is 0 Å². The van der Waals surface area contributed by atoms with Crippen molar-refractivity contribution < 1.29 is 9.53 Å². The molecule has 1 aliphatic rings. The molecule has 1 saturated heterocycles. The lowest BCUT2D eigenvalue weighted by Crippen LogP contribution is -2.54. The summed E-state index contributed by atoms with van der Waals surface area (Å²) in [6, 6.07) is 8.38. The average Bonchev–Trinajstić information content (AvgIpc) is 2.87. The van der Waals surface area contributed by atoms with E-state index in [0.717, 1.165) is 12.0 Å². The molecule has 1 fully saturated rings. The molecular weight excluding hydrogens is 264 g/mol. The van der Waals surface area contributed by atoms with Gasteiger partial charge in [-0.1, -0.05) is 38.1 Å². The van der Waals surface area contributed by atoms with Gasteiger partial charge in [-0.25, -0.2) is 0 Å². The average molecular weight is 290 g/mol. The van der Waals surface area contributed by atoms with Crippen molar-refractivity contribution in [1.82, 2.24) is 5.32 Å². The van der Waals surface area contributed by atoms with Gasteiger partial charge in [0.25, 0.3) is 0 Å². The van der Waals surface area contributed by atoms with Crippen LogP contribution in [0.4, 0.5) is 0 Å². The third-order valence-corrected chi connectivity index (χ3v) is 3.98. The zero-order chi connectivity index (χ0) is 15.5. The Balaban J connectivity index is 1.96. The van der Waals surface area contributed by atoms with Gasteiger partial charge in [0, 0.05) is 6.61 Å². The van der Waals surface area contributed by atoms with Gasteiger partial charge in [-0.2, -0.15) is 0 Å². The number of carbonyl (C=O) groups is 1. The van der Waals surface area contributed by atoms with E-state index in [-0.39, 0.29) is 11.9 Å². The Kier molecular flexibility index (Phi) is 5.01. The molecule has 4 heteroatoms. The number of hydrogen-bond donors (Lipinski definition) is 2. The van der Waals surface area contributed by atoms with E-state index in [2.05, 4.69) is 43.4 Å². The highest BCUT2D eigenvalue weighted by Crippen LogP contribution is 2.19. The number of ether oxygens (including phenoxy) is 1. The van der Waals surface area contributed by atoms with E-state index in [9.17, 15) is 4.79 Å². The van der Waals surface area contributed by atoms with E-state index in [1.165, 1.54) is 5.56 Å². The van der Waals surface area contributed by atoms with E-state index < -0.39 is 5.54 Å². The molecule has 0 saturated carbocycles. The van der Waals surface area contributed by atoms with Crippen LogP contribution >= 0.6 is 0 Å². The maximum atomic E-state index is 12.2. The first-order valence-electron chi connectivity index (χ1n) is 7.67. The first-order valence-corrected chi connectivity index (χ1v) is 7.67. The SMILES string of the molecule is CC(C)Cc1ccc(C(C)NC(=O)C2(N)CCOC2)cc1. The van der Waals surface area contributed by atoms with Gasteiger partial charge in [0.2, 0.25) is 5.91 Å². The normalized spacial score (nSPS) is 23.3. The molecule has 4 nitrogen and oxygen atoms in total. The van der Waals surface area contributed by atoms with Gasteiger partial charge < -0.3 is 15.8 Å². The van der Waals surface area contributed by atoms with Gasteiger partial charge in [0.1, 0.15) is 5.54 Å². The molecule has 1 amide bonds. The summed E-state index contributed by atoms with van der Waals surface area (Å²) in [4.78, 5) is 12.2. The topological polar surface area (TPSA) is 64.4 Å². The Morgan fingerprint density at radius 2 is 2.00 bits per heavy atom. The largest absolute Gasteiger partial charge is 0.379 e. The van der Waals surface area contributed by atoms with Gasteiger partial charge in [0.05, 0.1) is 12.6 Å². The molecule has 2 rings (SSSR count). The van der Waals surface area contributed by atoms with Crippen LogP contribution in [0.2, 0.25) is 0 Å². The minimum atomic E-state index is -0.869. The Bertz CT molecular complexity index is 476. The Morgan fingerprint density at radius 1 is 1.33 bits per heavy atom. The molecule has 0 radical (unpaired) electrons. The molecule has 116 valence electrons. The van der Waals surface area contributed by atoms with Crippen molar-refractivity contribution in [1.29, 1.82) is 0 Å². The van der Waals surface area contributed by atoms with Crippen molar-refractivity contribution in [2.45, 2.75) is 45.2 Å². The fraction of sp³-hybridized carbons (Fsp3) is 0.588. The van der Waals surface area contributed by atoms with Crippen LogP contribution in [0.1, 0.15) is 44.4 Å². The fourth-order valence-electron chi connectivity index (χ4n) is 2.60. The maximum absolute atomic E-state index is 12.2. The second-order valence-corrected chi connectivity index (χ2v) is 6.49. The molecule has 1 aromatic rings. The molecule has 2 atom stereocenters. The molecule has 21 heavy (non-hydrogen) atoms. The lowest BCUT2D eigenvalue weighted by atomic mass is 9.97. The van der Waals surface area contributed by atoms with Gasteiger partial charge >= 0.3 is 0 Å². The summed E-state index contributed by atoms with van der Waals surface area (Å²) in [6.07, 6.45) is 1.66. The maximum Gasteiger partial charge on any atom is 0.243 e. The molecule has 1 heterocycles. The highest BCUT2D eigenvalue weighted by molar-refractivity contribution is 5.86. The smallest absolute Gasteiger partial charge is 0.243 e. The van der Waals surface area contributed by atoms with Crippen LogP contribution in [0.25, 0.3) is 0 Å². The van der Waals surface area contributed by atoms with Crippen molar-refractivity contribution >= 4 is 5.91 Å². The minimum absolute atomic E-state index is 0.0494. The highest BCUT2D eigenvalue weighted by atomic mass is 16.5. The monoisotopic (exact) mass is 290 g/mol.